The van der Waals surface area contributed by atoms with E-state index in [9.17, 15) is 0 Å². The highest BCUT2D eigenvalue weighted by Crippen LogP contribution is 2.19. The van der Waals surface area contributed by atoms with Gasteiger partial charge in [0.1, 0.15) is 5.52 Å². The topological polar surface area (TPSA) is 42.2 Å². The quantitative estimate of drug-likeness (QED) is 0.788. The van der Waals surface area contributed by atoms with Gasteiger partial charge in [-0.3, -0.25) is 0 Å². The lowest BCUT2D eigenvalue weighted by Gasteiger charge is -2.06. The van der Waals surface area contributed by atoms with Gasteiger partial charge in [-0.05, 0) is 36.8 Å². The van der Waals surface area contributed by atoms with Crippen LogP contribution >= 0.6 is 11.8 Å². The van der Waals surface area contributed by atoms with Crippen LogP contribution in [0.5, 0.6) is 0 Å². The van der Waals surface area contributed by atoms with Gasteiger partial charge >= 0.3 is 0 Å². The van der Waals surface area contributed by atoms with Gasteiger partial charge in [0.2, 0.25) is 0 Å². The first-order chi connectivity index (χ1) is 9.22. The lowest BCUT2D eigenvalue weighted by Crippen LogP contribution is -2.05. The van der Waals surface area contributed by atoms with E-state index in [1.54, 1.807) is 6.20 Å². The minimum Gasteiger partial charge on any atom is -0.368 e. The zero-order chi connectivity index (χ0) is 13.7. The van der Waals surface area contributed by atoms with Crippen molar-refractivity contribution in [3.8, 4) is 0 Å². The molecule has 104 valence electrons. The predicted molar refractivity (Wildman–Crippen MR) is 83.2 cm³/mol. The molecule has 0 unspecified atom stereocenters. The van der Waals surface area contributed by atoms with Crippen molar-refractivity contribution in [1.29, 1.82) is 0 Å². The summed E-state index contributed by atoms with van der Waals surface area (Å²) in [5, 5.41) is 7.98. The van der Waals surface area contributed by atoms with Crippen molar-refractivity contribution in [3.05, 3.63) is 24.2 Å². The van der Waals surface area contributed by atoms with Crippen LogP contribution in [0, 0.1) is 0 Å². The molecule has 0 atom stereocenters. The first-order valence-electron chi connectivity index (χ1n) is 6.79. The van der Waals surface area contributed by atoms with Crippen LogP contribution in [0.4, 0.5) is 5.82 Å². The molecule has 1 N–H and O–H groups in total. The largest absolute Gasteiger partial charge is 0.368 e. The Bertz CT molecular complexity index is 521. The van der Waals surface area contributed by atoms with E-state index in [4.69, 9.17) is 0 Å². The third kappa shape index (κ3) is 3.62. The van der Waals surface area contributed by atoms with E-state index >= 15 is 0 Å². The molecule has 0 aliphatic heterocycles. The van der Waals surface area contributed by atoms with Crippen molar-refractivity contribution < 1.29 is 0 Å². The predicted octanol–water partition coefficient (Wildman–Crippen LogP) is 3.41. The van der Waals surface area contributed by atoms with Crippen LogP contribution < -0.4 is 5.32 Å². The van der Waals surface area contributed by atoms with E-state index in [-0.39, 0.29) is 0 Å². The number of rotatable bonds is 7. The zero-order valence-electron chi connectivity index (χ0n) is 11.9. The fourth-order valence-electron chi connectivity index (χ4n) is 1.94. The van der Waals surface area contributed by atoms with Crippen LogP contribution in [0.25, 0.3) is 5.52 Å². The fourth-order valence-corrected chi connectivity index (χ4v) is 2.43. The van der Waals surface area contributed by atoms with Crippen molar-refractivity contribution in [2.75, 3.05) is 23.9 Å². The van der Waals surface area contributed by atoms with Crippen LogP contribution in [0.1, 0.15) is 38.3 Å². The standard InChI is InChI=1S/C14H22N4S/c1-11(2)12-10-13-14(15-6-4-5-9-19-3)16-7-8-18(13)17-12/h7-8,10-11H,4-6,9H2,1-3H3,(H,15,16). The normalized spacial score (nSPS) is 11.4. The van der Waals surface area contributed by atoms with Crippen molar-refractivity contribution in [2.24, 2.45) is 0 Å². The van der Waals surface area contributed by atoms with Gasteiger partial charge in [0.05, 0.1) is 5.69 Å². The molecule has 0 radical (unpaired) electrons. The molecule has 0 aliphatic carbocycles. The third-order valence-electron chi connectivity index (χ3n) is 3.07. The van der Waals surface area contributed by atoms with Gasteiger partial charge in [-0.25, -0.2) is 9.50 Å². The van der Waals surface area contributed by atoms with E-state index < -0.39 is 0 Å². The molecule has 5 heteroatoms. The van der Waals surface area contributed by atoms with E-state index in [1.165, 1.54) is 18.6 Å². The van der Waals surface area contributed by atoms with Gasteiger partial charge in [0.15, 0.2) is 5.82 Å². The minimum absolute atomic E-state index is 0.439. The van der Waals surface area contributed by atoms with Gasteiger partial charge < -0.3 is 5.32 Å². The second-order valence-corrected chi connectivity index (χ2v) is 5.94. The molecule has 0 saturated heterocycles. The first kappa shape index (κ1) is 14.2. The van der Waals surface area contributed by atoms with E-state index in [1.807, 2.05) is 22.5 Å². The van der Waals surface area contributed by atoms with E-state index in [2.05, 4.69) is 41.6 Å². The molecule has 2 heterocycles. The summed E-state index contributed by atoms with van der Waals surface area (Å²) < 4.78 is 1.91. The summed E-state index contributed by atoms with van der Waals surface area (Å²) in [5.41, 5.74) is 2.18. The highest BCUT2D eigenvalue weighted by molar-refractivity contribution is 7.98. The summed E-state index contributed by atoms with van der Waals surface area (Å²) in [6, 6.07) is 2.13. The molecular formula is C14H22N4S. The number of anilines is 1. The highest BCUT2D eigenvalue weighted by Gasteiger charge is 2.09. The average Bonchev–Trinajstić information content (AvgIpc) is 2.83. The molecule has 0 aromatic carbocycles. The molecule has 0 amide bonds. The maximum Gasteiger partial charge on any atom is 0.152 e. The molecule has 0 fully saturated rings. The monoisotopic (exact) mass is 278 g/mol. The molecule has 19 heavy (non-hydrogen) atoms. The number of nitrogens with zero attached hydrogens (tertiary/aromatic N) is 3. The number of hydrogen-bond donors (Lipinski definition) is 1. The number of fused-ring (bicyclic) bond motifs is 1. The SMILES string of the molecule is CSCCCCNc1nccn2nc(C(C)C)cc12. The van der Waals surface area contributed by atoms with Gasteiger partial charge in [-0.15, -0.1) is 0 Å². The summed E-state index contributed by atoms with van der Waals surface area (Å²) in [7, 11) is 0. The molecule has 2 aromatic heterocycles. The first-order valence-corrected chi connectivity index (χ1v) is 8.19. The Morgan fingerprint density at radius 1 is 1.37 bits per heavy atom. The molecule has 4 nitrogen and oxygen atoms in total. The molecule has 2 aromatic rings. The second-order valence-electron chi connectivity index (χ2n) is 4.96. The summed E-state index contributed by atoms with van der Waals surface area (Å²) in [5.74, 6) is 2.60. The van der Waals surface area contributed by atoms with Gasteiger partial charge in [-0.2, -0.15) is 16.9 Å². The number of hydrogen-bond acceptors (Lipinski definition) is 4. The summed E-state index contributed by atoms with van der Waals surface area (Å²) in [4.78, 5) is 4.42. The van der Waals surface area contributed by atoms with Crippen LogP contribution in [-0.4, -0.2) is 33.2 Å². The van der Waals surface area contributed by atoms with Crippen molar-refractivity contribution >= 4 is 23.1 Å². The summed E-state index contributed by atoms with van der Waals surface area (Å²) >= 11 is 1.90. The van der Waals surface area contributed by atoms with E-state index in [0.29, 0.717) is 5.92 Å². The van der Waals surface area contributed by atoms with Gasteiger partial charge in [-0.1, -0.05) is 13.8 Å². The highest BCUT2D eigenvalue weighted by atomic mass is 32.2. The summed E-state index contributed by atoms with van der Waals surface area (Å²) in [6.45, 7) is 5.28. The fraction of sp³-hybridized carbons (Fsp3) is 0.571. The number of unbranched alkanes of at least 4 members (excludes halogenated alkanes) is 1. The van der Waals surface area contributed by atoms with Crippen LogP contribution in [0.3, 0.4) is 0 Å². The molecule has 0 spiro atoms. The molecule has 2 rings (SSSR count). The number of nitrogens with one attached hydrogen (secondary N) is 1. The Labute approximate surface area is 119 Å². The molecular weight excluding hydrogens is 256 g/mol. The Morgan fingerprint density at radius 3 is 2.95 bits per heavy atom. The summed E-state index contributed by atoms with van der Waals surface area (Å²) in [6.07, 6.45) is 8.27. The number of aromatic nitrogens is 3. The Hall–Kier alpha value is -1.23. The van der Waals surface area contributed by atoms with Crippen molar-refractivity contribution in [1.82, 2.24) is 14.6 Å². The van der Waals surface area contributed by atoms with Crippen LogP contribution in [0.2, 0.25) is 0 Å². The molecule has 0 saturated carbocycles. The lowest BCUT2D eigenvalue weighted by molar-refractivity contribution is 0.786. The Morgan fingerprint density at radius 2 is 2.21 bits per heavy atom. The second kappa shape index (κ2) is 6.80. The van der Waals surface area contributed by atoms with Gasteiger partial charge in [0.25, 0.3) is 0 Å². The Balaban J connectivity index is 2.05. The lowest BCUT2D eigenvalue weighted by atomic mass is 10.1. The van der Waals surface area contributed by atoms with Crippen molar-refractivity contribution in [2.45, 2.75) is 32.6 Å². The molecule has 0 aliphatic rings. The Kier molecular flexibility index (Phi) is 5.07. The van der Waals surface area contributed by atoms with E-state index in [0.717, 1.165) is 23.6 Å². The smallest absolute Gasteiger partial charge is 0.152 e. The van der Waals surface area contributed by atoms with Crippen molar-refractivity contribution in [3.63, 3.8) is 0 Å². The third-order valence-corrected chi connectivity index (χ3v) is 3.76. The number of thioether (sulfide) groups is 1. The van der Waals surface area contributed by atoms with Crippen LogP contribution in [-0.2, 0) is 0 Å². The maximum absolute atomic E-state index is 4.56. The maximum atomic E-state index is 4.56. The van der Waals surface area contributed by atoms with Gasteiger partial charge in [0, 0.05) is 18.9 Å². The average molecular weight is 278 g/mol. The zero-order valence-corrected chi connectivity index (χ0v) is 12.7. The minimum atomic E-state index is 0.439. The van der Waals surface area contributed by atoms with Crippen LogP contribution in [0.15, 0.2) is 18.5 Å². The molecule has 0 bridgehead atoms.